The third kappa shape index (κ3) is 3.80. The van der Waals surface area contributed by atoms with Crippen LogP contribution in [0.1, 0.15) is 19.3 Å². The predicted molar refractivity (Wildman–Crippen MR) is 95.7 cm³/mol. The van der Waals surface area contributed by atoms with Crippen LogP contribution in [-0.4, -0.2) is 59.3 Å². The average Bonchev–Trinajstić information content (AvgIpc) is 2.46. The van der Waals surface area contributed by atoms with E-state index in [0.29, 0.717) is 12.5 Å². The molecule has 1 aliphatic carbocycles. The SMILES string of the molecule is CN1CCN(c2ccccc2N(CC2CCC2)S(C)(=O)=O)CC1. The third-order valence-corrected chi connectivity index (χ3v) is 6.19. The summed E-state index contributed by atoms with van der Waals surface area (Å²) in [5.74, 6) is 0.505. The van der Waals surface area contributed by atoms with E-state index in [1.165, 1.54) is 12.7 Å². The van der Waals surface area contributed by atoms with Gasteiger partial charge in [-0.15, -0.1) is 0 Å². The summed E-state index contributed by atoms with van der Waals surface area (Å²) in [5.41, 5.74) is 1.89. The number of hydrogen-bond donors (Lipinski definition) is 0. The minimum atomic E-state index is -3.26. The molecule has 1 aromatic carbocycles. The molecule has 1 heterocycles. The van der Waals surface area contributed by atoms with E-state index in [9.17, 15) is 8.42 Å². The summed E-state index contributed by atoms with van der Waals surface area (Å²) < 4.78 is 26.4. The smallest absolute Gasteiger partial charge is 0.232 e. The number of para-hydroxylation sites is 2. The number of sulfonamides is 1. The first-order valence-electron chi connectivity index (χ1n) is 8.45. The van der Waals surface area contributed by atoms with E-state index in [4.69, 9.17) is 0 Å². The molecule has 1 saturated heterocycles. The molecule has 1 aromatic rings. The van der Waals surface area contributed by atoms with Gasteiger partial charge in [-0.1, -0.05) is 18.6 Å². The van der Waals surface area contributed by atoms with Gasteiger partial charge in [-0.25, -0.2) is 8.42 Å². The first kappa shape index (κ1) is 16.6. The third-order valence-electron chi connectivity index (χ3n) is 5.04. The molecule has 23 heavy (non-hydrogen) atoms. The summed E-state index contributed by atoms with van der Waals surface area (Å²) in [4.78, 5) is 4.62. The predicted octanol–water partition coefficient (Wildman–Crippen LogP) is 2.00. The number of piperazine rings is 1. The second-order valence-electron chi connectivity index (χ2n) is 6.87. The van der Waals surface area contributed by atoms with Crippen molar-refractivity contribution in [3.63, 3.8) is 0 Å². The highest BCUT2D eigenvalue weighted by Crippen LogP contribution is 2.35. The lowest BCUT2D eigenvalue weighted by Gasteiger charge is -2.38. The molecule has 0 atom stereocenters. The number of rotatable bonds is 5. The fourth-order valence-electron chi connectivity index (χ4n) is 3.31. The zero-order chi connectivity index (χ0) is 16.4. The molecule has 1 aliphatic heterocycles. The molecule has 2 fully saturated rings. The molecular formula is C17H27N3O2S. The minimum Gasteiger partial charge on any atom is -0.367 e. The van der Waals surface area contributed by atoms with Crippen LogP contribution in [0.5, 0.6) is 0 Å². The van der Waals surface area contributed by atoms with Crippen LogP contribution in [0.2, 0.25) is 0 Å². The van der Waals surface area contributed by atoms with Gasteiger partial charge < -0.3 is 9.80 Å². The van der Waals surface area contributed by atoms with Gasteiger partial charge in [0.2, 0.25) is 10.0 Å². The zero-order valence-corrected chi connectivity index (χ0v) is 14.9. The van der Waals surface area contributed by atoms with Gasteiger partial charge in [0.05, 0.1) is 17.6 Å². The Kier molecular flexibility index (Phi) is 4.82. The molecule has 0 radical (unpaired) electrons. The van der Waals surface area contributed by atoms with E-state index in [-0.39, 0.29) is 0 Å². The maximum absolute atomic E-state index is 12.4. The van der Waals surface area contributed by atoms with Gasteiger partial charge in [0.25, 0.3) is 0 Å². The molecule has 0 spiro atoms. The second-order valence-corrected chi connectivity index (χ2v) is 8.78. The van der Waals surface area contributed by atoms with Crippen molar-refractivity contribution in [2.24, 2.45) is 5.92 Å². The Hall–Kier alpha value is -1.27. The number of benzene rings is 1. The summed E-state index contributed by atoms with van der Waals surface area (Å²) in [6, 6.07) is 7.95. The van der Waals surface area contributed by atoms with Gasteiger partial charge in [0.1, 0.15) is 0 Å². The molecule has 5 nitrogen and oxygen atoms in total. The topological polar surface area (TPSA) is 43.9 Å². The first-order chi connectivity index (χ1) is 10.9. The van der Waals surface area contributed by atoms with Gasteiger partial charge in [-0.2, -0.15) is 0 Å². The maximum atomic E-state index is 12.4. The normalized spacial score (nSPS) is 20.3. The molecule has 2 aliphatic rings. The van der Waals surface area contributed by atoms with Crippen molar-refractivity contribution in [3.8, 4) is 0 Å². The Labute approximate surface area is 139 Å². The van der Waals surface area contributed by atoms with Crippen LogP contribution < -0.4 is 9.21 Å². The van der Waals surface area contributed by atoms with E-state index < -0.39 is 10.0 Å². The summed E-state index contributed by atoms with van der Waals surface area (Å²) in [6.07, 6.45) is 4.83. The molecule has 0 bridgehead atoms. The van der Waals surface area contributed by atoms with E-state index in [2.05, 4.69) is 22.9 Å². The fraction of sp³-hybridized carbons (Fsp3) is 0.647. The molecule has 6 heteroatoms. The Morgan fingerprint density at radius 3 is 2.35 bits per heavy atom. The Balaban J connectivity index is 1.90. The molecule has 0 aromatic heterocycles. The molecule has 0 amide bonds. The van der Waals surface area contributed by atoms with E-state index in [1.54, 1.807) is 4.31 Å². The zero-order valence-electron chi connectivity index (χ0n) is 14.1. The summed E-state index contributed by atoms with van der Waals surface area (Å²) in [6.45, 7) is 4.51. The quantitative estimate of drug-likeness (QED) is 0.824. The number of likely N-dealkylation sites (N-methyl/N-ethyl adjacent to an activating group) is 1. The number of hydrogen-bond acceptors (Lipinski definition) is 4. The van der Waals surface area contributed by atoms with Crippen molar-refractivity contribution in [1.29, 1.82) is 0 Å². The van der Waals surface area contributed by atoms with Crippen molar-refractivity contribution >= 4 is 21.4 Å². The van der Waals surface area contributed by atoms with Crippen LogP contribution in [0.4, 0.5) is 11.4 Å². The monoisotopic (exact) mass is 337 g/mol. The standard InChI is InChI=1S/C17H27N3O2S/c1-18-10-12-19(13-11-18)16-8-3-4-9-17(16)20(23(2,21)22)14-15-6-5-7-15/h3-4,8-9,15H,5-7,10-14H2,1-2H3. The van der Waals surface area contributed by atoms with Gasteiger partial charge in [0.15, 0.2) is 0 Å². The van der Waals surface area contributed by atoms with E-state index >= 15 is 0 Å². The molecule has 0 N–H and O–H groups in total. The van der Waals surface area contributed by atoms with Crippen molar-refractivity contribution in [2.45, 2.75) is 19.3 Å². The van der Waals surface area contributed by atoms with Crippen LogP contribution >= 0.6 is 0 Å². The van der Waals surface area contributed by atoms with Crippen LogP contribution in [0.3, 0.4) is 0 Å². The van der Waals surface area contributed by atoms with Crippen molar-refractivity contribution < 1.29 is 8.42 Å². The second kappa shape index (κ2) is 6.69. The Morgan fingerprint density at radius 2 is 1.78 bits per heavy atom. The van der Waals surface area contributed by atoms with Gasteiger partial charge >= 0.3 is 0 Å². The number of anilines is 2. The van der Waals surface area contributed by atoms with E-state index in [0.717, 1.165) is 50.4 Å². The average molecular weight is 337 g/mol. The lowest BCUT2D eigenvalue weighted by Crippen LogP contribution is -2.45. The van der Waals surface area contributed by atoms with Gasteiger partial charge in [0, 0.05) is 32.7 Å². The van der Waals surface area contributed by atoms with Gasteiger partial charge in [-0.3, -0.25) is 4.31 Å². The van der Waals surface area contributed by atoms with Crippen molar-refractivity contribution in [3.05, 3.63) is 24.3 Å². The maximum Gasteiger partial charge on any atom is 0.232 e. The summed E-state index contributed by atoms with van der Waals surface area (Å²) >= 11 is 0. The Morgan fingerprint density at radius 1 is 1.13 bits per heavy atom. The lowest BCUT2D eigenvalue weighted by atomic mass is 9.85. The van der Waals surface area contributed by atoms with E-state index in [1.807, 2.05) is 18.2 Å². The van der Waals surface area contributed by atoms with Gasteiger partial charge in [-0.05, 0) is 37.9 Å². The molecule has 3 rings (SSSR count). The van der Waals surface area contributed by atoms with Crippen LogP contribution in [0.25, 0.3) is 0 Å². The largest absolute Gasteiger partial charge is 0.367 e. The lowest BCUT2D eigenvalue weighted by molar-refractivity contribution is 0.312. The number of nitrogens with zero attached hydrogens (tertiary/aromatic N) is 3. The fourth-order valence-corrected chi connectivity index (χ4v) is 4.31. The first-order valence-corrected chi connectivity index (χ1v) is 10.3. The Bertz CT molecular complexity index is 635. The minimum absolute atomic E-state index is 0.505. The summed E-state index contributed by atoms with van der Waals surface area (Å²) in [5, 5.41) is 0. The van der Waals surface area contributed by atoms with Crippen LogP contribution in [0.15, 0.2) is 24.3 Å². The molecule has 1 saturated carbocycles. The molecule has 128 valence electrons. The highest BCUT2D eigenvalue weighted by molar-refractivity contribution is 7.92. The summed E-state index contributed by atoms with van der Waals surface area (Å²) in [7, 11) is -1.14. The highest BCUT2D eigenvalue weighted by atomic mass is 32.2. The molecule has 0 unspecified atom stereocenters. The van der Waals surface area contributed by atoms with Crippen molar-refractivity contribution in [2.75, 3.05) is 55.2 Å². The highest BCUT2D eigenvalue weighted by Gasteiger charge is 2.28. The van der Waals surface area contributed by atoms with Crippen molar-refractivity contribution in [1.82, 2.24) is 4.90 Å². The van der Waals surface area contributed by atoms with Crippen LogP contribution in [0, 0.1) is 5.92 Å². The van der Waals surface area contributed by atoms with Crippen LogP contribution in [-0.2, 0) is 10.0 Å². The molecular weight excluding hydrogens is 310 g/mol.